The Morgan fingerprint density at radius 3 is 2.40 bits per heavy atom. The average Bonchev–Trinajstić information content (AvgIpc) is 2.62. The Kier molecular flexibility index (Phi) is 5.00. The number of carbonyl (C=O) groups is 1. The first-order valence-electron chi connectivity index (χ1n) is 7.74. The largest absolute Gasteiger partial charge is 0.325 e. The standard InChI is InChI=1S/C19H16N2O3S/c1-13(25-18-10-8-17(9-11-18)21(23)24)19(22)20-16-7-6-14-4-2-3-5-15(14)12-16/h2-13H,1H3,(H,20,22)/t13-/m0/s1. The number of nitro benzene ring substituents is 1. The third-order valence-corrected chi connectivity index (χ3v) is 4.86. The van der Waals surface area contributed by atoms with Crippen molar-refractivity contribution in [3.8, 4) is 0 Å². The Balaban J connectivity index is 1.66. The zero-order valence-electron chi connectivity index (χ0n) is 13.5. The van der Waals surface area contributed by atoms with Gasteiger partial charge >= 0.3 is 0 Å². The van der Waals surface area contributed by atoms with Gasteiger partial charge in [0, 0.05) is 22.7 Å². The summed E-state index contributed by atoms with van der Waals surface area (Å²) in [6.07, 6.45) is 0. The molecule has 5 nitrogen and oxygen atoms in total. The summed E-state index contributed by atoms with van der Waals surface area (Å²) in [6.45, 7) is 1.81. The fourth-order valence-electron chi connectivity index (χ4n) is 2.42. The molecule has 0 aromatic heterocycles. The number of carbonyl (C=O) groups excluding carboxylic acids is 1. The van der Waals surface area contributed by atoms with E-state index >= 15 is 0 Å². The molecule has 0 radical (unpaired) electrons. The fourth-order valence-corrected chi connectivity index (χ4v) is 3.28. The molecule has 0 spiro atoms. The van der Waals surface area contributed by atoms with Crippen LogP contribution in [0.3, 0.4) is 0 Å². The summed E-state index contributed by atoms with van der Waals surface area (Å²) in [4.78, 5) is 23.4. The van der Waals surface area contributed by atoms with Crippen LogP contribution in [0, 0.1) is 10.1 Å². The number of hydrogen-bond acceptors (Lipinski definition) is 4. The van der Waals surface area contributed by atoms with Crippen molar-refractivity contribution in [1.29, 1.82) is 0 Å². The number of thioether (sulfide) groups is 1. The lowest BCUT2D eigenvalue weighted by Gasteiger charge is -2.12. The highest BCUT2D eigenvalue weighted by molar-refractivity contribution is 8.00. The zero-order valence-corrected chi connectivity index (χ0v) is 14.3. The number of nitrogens with zero attached hydrogens (tertiary/aromatic N) is 1. The van der Waals surface area contributed by atoms with E-state index in [9.17, 15) is 14.9 Å². The van der Waals surface area contributed by atoms with E-state index in [1.54, 1.807) is 12.1 Å². The van der Waals surface area contributed by atoms with Gasteiger partial charge in [0.2, 0.25) is 5.91 Å². The van der Waals surface area contributed by atoms with Crippen LogP contribution in [0.1, 0.15) is 6.92 Å². The third-order valence-electron chi connectivity index (χ3n) is 3.75. The van der Waals surface area contributed by atoms with Gasteiger partial charge < -0.3 is 5.32 Å². The number of anilines is 1. The van der Waals surface area contributed by atoms with Gasteiger partial charge in [0.05, 0.1) is 10.2 Å². The smallest absolute Gasteiger partial charge is 0.269 e. The third kappa shape index (κ3) is 4.16. The molecule has 25 heavy (non-hydrogen) atoms. The van der Waals surface area contributed by atoms with Crippen molar-refractivity contribution in [2.24, 2.45) is 0 Å². The van der Waals surface area contributed by atoms with Crippen molar-refractivity contribution in [2.45, 2.75) is 17.1 Å². The number of nitro groups is 1. The molecule has 0 aliphatic heterocycles. The van der Waals surface area contributed by atoms with Gasteiger partial charge in [-0.1, -0.05) is 30.3 Å². The zero-order chi connectivity index (χ0) is 17.8. The van der Waals surface area contributed by atoms with Crippen LogP contribution < -0.4 is 5.32 Å². The number of hydrogen-bond donors (Lipinski definition) is 1. The molecule has 3 aromatic carbocycles. The van der Waals surface area contributed by atoms with E-state index in [0.717, 1.165) is 21.4 Å². The summed E-state index contributed by atoms with van der Waals surface area (Å²) in [7, 11) is 0. The Bertz CT molecular complexity index is 925. The maximum absolute atomic E-state index is 12.4. The lowest BCUT2D eigenvalue weighted by atomic mass is 10.1. The molecule has 0 saturated heterocycles. The molecule has 1 atom stereocenters. The van der Waals surface area contributed by atoms with Gasteiger partial charge in [-0.25, -0.2) is 0 Å². The normalized spacial score (nSPS) is 11.9. The summed E-state index contributed by atoms with van der Waals surface area (Å²) >= 11 is 1.36. The molecule has 0 aliphatic rings. The maximum atomic E-state index is 12.4. The van der Waals surface area contributed by atoms with E-state index in [1.807, 2.05) is 49.4 Å². The fraction of sp³-hybridized carbons (Fsp3) is 0.105. The molecule has 0 unspecified atom stereocenters. The van der Waals surface area contributed by atoms with Crippen molar-refractivity contribution in [2.75, 3.05) is 5.32 Å². The molecule has 0 saturated carbocycles. The van der Waals surface area contributed by atoms with Crippen LogP contribution in [0.25, 0.3) is 10.8 Å². The SMILES string of the molecule is C[C@H](Sc1ccc([N+](=O)[O-])cc1)C(=O)Nc1ccc2ccccc2c1. The topological polar surface area (TPSA) is 72.2 Å². The van der Waals surface area contributed by atoms with Gasteiger partial charge in [-0.3, -0.25) is 14.9 Å². The van der Waals surface area contributed by atoms with Crippen LogP contribution in [0.2, 0.25) is 0 Å². The predicted octanol–water partition coefficient (Wildman–Crippen LogP) is 4.87. The molecule has 0 bridgehead atoms. The minimum atomic E-state index is -0.440. The number of amides is 1. The Labute approximate surface area is 149 Å². The molecule has 126 valence electrons. The highest BCUT2D eigenvalue weighted by Crippen LogP contribution is 2.26. The lowest BCUT2D eigenvalue weighted by Crippen LogP contribution is -2.22. The van der Waals surface area contributed by atoms with Crippen LogP contribution in [0.15, 0.2) is 71.6 Å². The number of benzene rings is 3. The Hall–Kier alpha value is -2.86. The van der Waals surface area contributed by atoms with Gasteiger partial charge in [-0.05, 0) is 42.0 Å². The quantitative estimate of drug-likeness (QED) is 0.404. The van der Waals surface area contributed by atoms with E-state index in [1.165, 1.54) is 23.9 Å². The number of nitrogens with one attached hydrogen (secondary N) is 1. The second kappa shape index (κ2) is 7.36. The van der Waals surface area contributed by atoms with E-state index in [4.69, 9.17) is 0 Å². The second-order valence-electron chi connectivity index (χ2n) is 5.56. The first-order valence-corrected chi connectivity index (χ1v) is 8.62. The summed E-state index contributed by atoms with van der Waals surface area (Å²) in [5, 5.41) is 15.4. The minimum Gasteiger partial charge on any atom is -0.325 e. The lowest BCUT2D eigenvalue weighted by molar-refractivity contribution is -0.384. The first kappa shape index (κ1) is 17.0. The van der Waals surface area contributed by atoms with Crippen LogP contribution in [0.5, 0.6) is 0 Å². The number of rotatable bonds is 5. The number of non-ortho nitro benzene ring substituents is 1. The van der Waals surface area contributed by atoms with E-state index in [0.29, 0.717) is 0 Å². The summed E-state index contributed by atoms with van der Waals surface area (Å²) < 4.78 is 0. The van der Waals surface area contributed by atoms with E-state index < -0.39 is 4.92 Å². The van der Waals surface area contributed by atoms with E-state index in [-0.39, 0.29) is 16.8 Å². The summed E-state index contributed by atoms with van der Waals surface area (Å²) in [5.74, 6) is -0.112. The van der Waals surface area contributed by atoms with Gasteiger partial charge in [-0.2, -0.15) is 0 Å². The molecule has 3 aromatic rings. The molecule has 3 rings (SSSR count). The molecular weight excluding hydrogens is 336 g/mol. The van der Waals surface area contributed by atoms with Gasteiger partial charge in [0.1, 0.15) is 0 Å². The Morgan fingerprint density at radius 2 is 1.72 bits per heavy atom. The molecule has 1 N–H and O–H groups in total. The average molecular weight is 352 g/mol. The van der Waals surface area contributed by atoms with Crippen molar-refractivity contribution >= 4 is 39.8 Å². The van der Waals surface area contributed by atoms with Gasteiger partial charge in [0.25, 0.3) is 5.69 Å². The highest BCUT2D eigenvalue weighted by atomic mass is 32.2. The molecule has 1 amide bonds. The van der Waals surface area contributed by atoms with Crippen LogP contribution in [-0.4, -0.2) is 16.1 Å². The maximum Gasteiger partial charge on any atom is 0.269 e. The van der Waals surface area contributed by atoms with Gasteiger partial charge in [-0.15, -0.1) is 11.8 Å². The molecule has 0 aliphatic carbocycles. The highest BCUT2D eigenvalue weighted by Gasteiger charge is 2.15. The first-order chi connectivity index (χ1) is 12.0. The van der Waals surface area contributed by atoms with E-state index in [2.05, 4.69) is 5.32 Å². The predicted molar refractivity (Wildman–Crippen MR) is 101 cm³/mol. The Morgan fingerprint density at radius 1 is 1.04 bits per heavy atom. The minimum absolute atomic E-state index is 0.0395. The van der Waals surface area contributed by atoms with Crippen LogP contribution in [0.4, 0.5) is 11.4 Å². The molecule has 0 fully saturated rings. The molecular formula is C19H16N2O3S. The van der Waals surface area contributed by atoms with Crippen LogP contribution >= 0.6 is 11.8 Å². The van der Waals surface area contributed by atoms with Crippen molar-refractivity contribution in [3.63, 3.8) is 0 Å². The molecule has 0 heterocycles. The van der Waals surface area contributed by atoms with Crippen LogP contribution in [-0.2, 0) is 4.79 Å². The van der Waals surface area contributed by atoms with Gasteiger partial charge in [0.15, 0.2) is 0 Å². The molecule has 6 heteroatoms. The number of fused-ring (bicyclic) bond motifs is 1. The van der Waals surface area contributed by atoms with Crippen molar-refractivity contribution < 1.29 is 9.72 Å². The van der Waals surface area contributed by atoms with Crippen molar-refractivity contribution in [3.05, 3.63) is 76.8 Å². The summed E-state index contributed by atoms with van der Waals surface area (Å²) in [6, 6.07) is 19.9. The van der Waals surface area contributed by atoms with Crippen molar-refractivity contribution in [1.82, 2.24) is 0 Å². The summed E-state index contributed by atoms with van der Waals surface area (Å²) in [5.41, 5.74) is 0.789. The second-order valence-corrected chi connectivity index (χ2v) is 6.98. The monoisotopic (exact) mass is 352 g/mol.